The summed E-state index contributed by atoms with van der Waals surface area (Å²) in [5.74, 6) is 1.22. The van der Waals surface area contributed by atoms with Gasteiger partial charge in [0.15, 0.2) is 0 Å². The molecule has 2 bridgehead atoms. The van der Waals surface area contributed by atoms with Crippen LogP contribution < -0.4 is 0 Å². The fourth-order valence-corrected chi connectivity index (χ4v) is 3.96. The summed E-state index contributed by atoms with van der Waals surface area (Å²) in [4.78, 5) is 14.6. The lowest BCUT2D eigenvalue weighted by atomic mass is 9.93. The first-order valence-electron chi connectivity index (χ1n) is 7.62. The van der Waals surface area contributed by atoms with E-state index in [1.807, 2.05) is 0 Å². The lowest BCUT2D eigenvalue weighted by Gasteiger charge is -2.35. The SMILES string of the molecule is CCC[C@H]1C[C@@H]2C(=O)CC[C@@H]1N2Cc1ccccc1. The third-order valence-electron chi connectivity index (χ3n) is 4.82. The molecule has 0 N–H and O–H groups in total. The fourth-order valence-electron chi connectivity index (χ4n) is 3.96. The molecule has 1 aromatic rings. The number of benzene rings is 1. The van der Waals surface area contributed by atoms with Gasteiger partial charge in [-0.1, -0.05) is 43.7 Å². The van der Waals surface area contributed by atoms with Gasteiger partial charge in [-0.15, -0.1) is 0 Å². The second kappa shape index (κ2) is 5.46. The summed E-state index contributed by atoms with van der Waals surface area (Å²) in [6, 6.07) is 11.4. The summed E-state index contributed by atoms with van der Waals surface area (Å²) in [6.45, 7) is 3.20. The van der Waals surface area contributed by atoms with Crippen molar-refractivity contribution in [2.75, 3.05) is 0 Å². The summed E-state index contributed by atoms with van der Waals surface area (Å²) in [6.07, 6.45) is 5.50. The molecule has 19 heavy (non-hydrogen) atoms. The van der Waals surface area contributed by atoms with Crippen LogP contribution in [0.1, 0.15) is 44.6 Å². The van der Waals surface area contributed by atoms with Crippen molar-refractivity contribution in [3.05, 3.63) is 35.9 Å². The molecular weight excluding hydrogens is 234 g/mol. The van der Waals surface area contributed by atoms with Gasteiger partial charge in [-0.2, -0.15) is 0 Å². The van der Waals surface area contributed by atoms with E-state index in [1.165, 1.54) is 18.4 Å². The van der Waals surface area contributed by atoms with E-state index in [2.05, 4.69) is 42.2 Å². The molecule has 2 aliphatic heterocycles. The van der Waals surface area contributed by atoms with E-state index in [0.29, 0.717) is 11.8 Å². The monoisotopic (exact) mass is 257 g/mol. The first-order valence-corrected chi connectivity index (χ1v) is 7.62. The summed E-state index contributed by atoms with van der Waals surface area (Å²) in [5.41, 5.74) is 1.34. The van der Waals surface area contributed by atoms with Crippen LogP contribution in [-0.2, 0) is 11.3 Å². The van der Waals surface area contributed by atoms with Crippen molar-refractivity contribution < 1.29 is 4.79 Å². The topological polar surface area (TPSA) is 20.3 Å². The van der Waals surface area contributed by atoms with Crippen LogP contribution in [0, 0.1) is 5.92 Å². The highest BCUT2D eigenvalue weighted by molar-refractivity contribution is 5.85. The van der Waals surface area contributed by atoms with E-state index < -0.39 is 0 Å². The molecule has 0 aromatic heterocycles. The molecule has 0 saturated carbocycles. The number of Topliss-reactive ketones (excluding diaryl/α,β-unsaturated/α-hetero) is 1. The third-order valence-corrected chi connectivity index (χ3v) is 4.82. The standard InChI is InChI=1S/C17H23NO/c1-2-6-14-11-16-17(19)10-9-15(14)18(16)12-13-7-4-3-5-8-13/h3-5,7-8,14-16H,2,6,9-12H2,1H3/t14-,15-,16+/m0/s1. The number of nitrogens with zero attached hydrogens (tertiary/aromatic N) is 1. The molecule has 0 aliphatic carbocycles. The first kappa shape index (κ1) is 12.9. The van der Waals surface area contributed by atoms with Crippen LogP contribution in [0.5, 0.6) is 0 Å². The summed E-state index contributed by atoms with van der Waals surface area (Å²) < 4.78 is 0. The van der Waals surface area contributed by atoms with Crippen LogP contribution in [0.25, 0.3) is 0 Å². The maximum Gasteiger partial charge on any atom is 0.150 e. The highest BCUT2D eigenvalue weighted by Gasteiger charge is 2.46. The Morgan fingerprint density at radius 2 is 2.05 bits per heavy atom. The van der Waals surface area contributed by atoms with Crippen molar-refractivity contribution >= 4 is 5.78 Å². The number of ketones is 1. The molecule has 2 heterocycles. The minimum Gasteiger partial charge on any atom is -0.298 e. The Kier molecular flexibility index (Phi) is 3.69. The molecule has 2 saturated heterocycles. The Labute approximate surface area is 115 Å². The molecule has 0 amide bonds. The molecule has 3 atom stereocenters. The van der Waals surface area contributed by atoms with Crippen molar-refractivity contribution in [3.8, 4) is 0 Å². The molecule has 2 fully saturated rings. The number of carbonyl (C=O) groups is 1. The fraction of sp³-hybridized carbons (Fsp3) is 0.588. The van der Waals surface area contributed by atoms with Crippen molar-refractivity contribution in [2.45, 2.75) is 57.7 Å². The van der Waals surface area contributed by atoms with Gasteiger partial charge in [0.25, 0.3) is 0 Å². The second-order valence-electron chi connectivity index (χ2n) is 6.03. The lowest BCUT2D eigenvalue weighted by Crippen LogP contribution is -2.45. The number of hydrogen-bond acceptors (Lipinski definition) is 2. The first-order chi connectivity index (χ1) is 9.29. The smallest absolute Gasteiger partial charge is 0.150 e. The van der Waals surface area contributed by atoms with Gasteiger partial charge >= 0.3 is 0 Å². The van der Waals surface area contributed by atoms with Crippen LogP contribution in [0.2, 0.25) is 0 Å². The van der Waals surface area contributed by atoms with Gasteiger partial charge in [0.05, 0.1) is 6.04 Å². The molecule has 0 unspecified atom stereocenters. The summed E-state index contributed by atoms with van der Waals surface area (Å²) >= 11 is 0. The molecule has 2 aliphatic rings. The van der Waals surface area contributed by atoms with E-state index in [-0.39, 0.29) is 6.04 Å². The number of fused-ring (bicyclic) bond motifs is 2. The lowest BCUT2D eigenvalue weighted by molar-refractivity contribution is -0.126. The largest absolute Gasteiger partial charge is 0.298 e. The Balaban J connectivity index is 1.78. The quantitative estimate of drug-likeness (QED) is 0.824. The molecule has 2 nitrogen and oxygen atoms in total. The Morgan fingerprint density at radius 1 is 1.26 bits per heavy atom. The minimum absolute atomic E-state index is 0.204. The second-order valence-corrected chi connectivity index (χ2v) is 6.03. The van der Waals surface area contributed by atoms with Crippen LogP contribution in [-0.4, -0.2) is 22.8 Å². The van der Waals surface area contributed by atoms with Crippen molar-refractivity contribution in [2.24, 2.45) is 5.92 Å². The number of hydrogen-bond donors (Lipinski definition) is 0. The molecule has 0 radical (unpaired) electrons. The normalized spacial score (nSPS) is 30.8. The molecule has 0 spiro atoms. The average molecular weight is 257 g/mol. The van der Waals surface area contributed by atoms with Gasteiger partial charge < -0.3 is 0 Å². The van der Waals surface area contributed by atoms with Crippen molar-refractivity contribution in [1.82, 2.24) is 4.90 Å². The molecule has 3 rings (SSSR count). The van der Waals surface area contributed by atoms with E-state index in [4.69, 9.17) is 0 Å². The van der Waals surface area contributed by atoms with Crippen molar-refractivity contribution in [1.29, 1.82) is 0 Å². The molecule has 102 valence electrons. The number of rotatable bonds is 4. The molecule has 1 aromatic carbocycles. The van der Waals surface area contributed by atoms with E-state index in [0.717, 1.165) is 31.7 Å². The third kappa shape index (κ3) is 2.46. The average Bonchev–Trinajstić information content (AvgIpc) is 2.66. The Bertz CT molecular complexity index is 442. The van der Waals surface area contributed by atoms with E-state index in [9.17, 15) is 4.79 Å². The molecule has 2 heteroatoms. The van der Waals surface area contributed by atoms with Crippen LogP contribution in [0.15, 0.2) is 30.3 Å². The Morgan fingerprint density at radius 3 is 2.79 bits per heavy atom. The van der Waals surface area contributed by atoms with Gasteiger partial charge in [0, 0.05) is 19.0 Å². The number of carbonyl (C=O) groups excluding carboxylic acids is 1. The minimum atomic E-state index is 0.204. The van der Waals surface area contributed by atoms with Gasteiger partial charge in [-0.25, -0.2) is 0 Å². The predicted octanol–water partition coefficient (Wildman–Crippen LogP) is 3.41. The highest BCUT2D eigenvalue weighted by atomic mass is 16.1. The van der Waals surface area contributed by atoms with Crippen LogP contribution >= 0.6 is 0 Å². The van der Waals surface area contributed by atoms with E-state index >= 15 is 0 Å². The van der Waals surface area contributed by atoms with Gasteiger partial charge in [-0.05, 0) is 30.7 Å². The molecular formula is C17H23NO. The van der Waals surface area contributed by atoms with Gasteiger partial charge in [-0.3, -0.25) is 9.69 Å². The maximum absolute atomic E-state index is 12.2. The number of piperidine rings is 1. The highest BCUT2D eigenvalue weighted by Crippen LogP contribution is 2.40. The Hall–Kier alpha value is -1.15. The summed E-state index contributed by atoms with van der Waals surface area (Å²) in [7, 11) is 0. The zero-order valence-electron chi connectivity index (χ0n) is 11.7. The van der Waals surface area contributed by atoms with Crippen LogP contribution in [0.3, 0.4) is 0 Å². The van der Waals surface area contributed by atoms with Crippen molar-refractivity contribution in [3.63, 3.8) is 0 Å². The van der Waals surface area contributed by atoms with E-state index in [1.54, 1.807) is 0 Å². The van der Waals surface area contributed by atoms with Gasteiger partial charge in [0.2, 0.25) is 0 Å². The van der Waals surface area contributed by atoms with Crippen LogP contribution in [0.4, 0.5) is 0 Å². The zero-order chi connectivity index (χ0) is 13.2. The maximum atomic E-state index is 12.2. The zero-order valence-corrected chi connectivity index (χ0v) is 11.7. The van der Waals surface area contributed by atoms with Gasteiger partial charge in [0.1, 0.15) is 5.78 Å². The predicted molar refractivity (Wildman–Crippen MR) is 76.8 cm³/mol. The summed E-state index contributed by atoms with van der Waals surface area (Å²) in [5, 5.41) is 0.